The molecule has 0 spiro atoms. The van der Waals surface area contributed by atoms with Crippen LogP contribution in [-0.2, 0) is 9.53 Å². The Balaban J connectivity index is 1.45. The van der Waals surface area contributed by atoms with Crippen molar-refractivity contribution in [2.24, 2.45) is 17.3 Å². The van der Waals surface area contributed by atoms with Gasteiger partial charge in [-0.2, -0.15) is 0 Å². The lowest BCUT2D eigenvalue weighted by Gasteiger charge is -2.57. The summed E-state index contributed by atoms with van der Waals surface area (Å²) in [6.45, 7) is 6.13. The van der Waals surface area contributed by atoms with E-state index in [1.807, 2.05) is 0 Å². The van der Waals surface area contributed by atoms with Gasteiger partial charge in [0.05, 0.1) is 7.11 Å². The predicted molar refractivity (Wildman–Crippen MR) is 106 cm³/mol. The summed E-state index contributed by atoms with van der Waals surface area (Å²) in [5.41, 5.74) is 2.20. The monoisotopic (exact) mass is 383 g/mol. The zero-order valence-electron chi connectivity index (χ0n) is 16.9. The van der Waals surface area contributed by atoms with Crippen molar-refractivity contribution in [2.75, 3.05) is 20.2 Å². The Hall–Kier alpha value is -2.21. The number of aromatic nitrogens is 1. The molecule has 0 aromatic carbocycles. The summed E-state index contributed by atoms with van der Waals surface area (Å²) in [4.78, 5) is 31.1. The van der Waals surface area contributed by atoms with E-state index in [0.29, 0.717) is 30.0 Å². The number of hydrogen-bond donors (Lipinski definition) is 1. The molecule has 0 unspecified atom stereocenters. The van der Waals surface area contributed by atoms with Crippen LogP contribution in [0.15, 0.2) is 36.0 Å². The first-order valence-corrected chi connectivity index (χ1v) is 10.1. The molecule has 1 aromatic heterocycles. The van der Waals surface area contributed by atoms with Gasteiger partial charge in [-0.3, -0.25) is 19.5 Å². The minimum Gasteiger partial charge on any atom is -0.468 e. The molecular formula is C22H29N3O3. The number of amides is 1. The molecule has 3 aliphatic carbocycles. The number of esters is 1. The summed E-state index contributed by atoms with van der Waals surface area (Å²) in [6.07, 6.45) is 6.94. The van der Waals surface area contributed by atoms with Crippen molar-refractivity contribution >= 4 is 11.9 Å². The van der Waals surface area contributed by atoms with Crippen molar-refractivity contribution in [1.82, 2.24) is 15.2 Å². The van der Waals surface area contributed by atoms with E-state index in [9.17, 15) is 9.59 Å². The van der Waals surface area contributed by atoms with E-state index < -0.39 is 0 Å². The molecule has 2 heterocycles. The summed E-state index contributed by atoms with van der Waals surface area (Å²) in [5.74, 6) is 0.973. The van der Waals surface area contributed by atoms with Crippen molar-refractivity contribution in [3.8, 4) is 0 Å². The van der Waals surface area contributed by atoms with Crippen LogP contribution in [0.25, 0.3) is 0 Å². The molecule has 1 saturated heterocycles. The molecule has 1 saturated carbocycles. The van der Waals surface area contributed by atoms with Crippen LogP contribution < -0.4 is 5.32 Å². The Morgan fingerprint density at radius 2 is 2.14 bits per heavy atom. The van der Waals surface area contributed by atoms with Crippen LogP contribution in [0.4, 0.5) is 0 Å². The van der Waals surface area contributed by atoms with Gasteiger partial charge in [-0.05, 0) is 48.6 Å². The summed E-state index contributed by atoms with van der Waals surface area (Å²) >= 11 is 0. The van der Waals surface area contributed by atoms with Crippen LogP contribution in [0.1, 0.15) is 43.6 Å². The second kappa shape index (κ2) is 7.32. The number of nitrogens with zero attached hydrogens (tertiary/aromatic N) is 2. The molecule has 4 atom stereocenters. The summed E-state index contributed by atoms with van der Waals surface area (Å²) in [5, 5.41) is 3.04. The van der Waals surface area contributed by atoms with Gasteiger partial charge in [-0.1, -0.05) is 31.6 Å². The highest BCUT2D eigenvalue weighted by Crippen LogP contribution is 2.59. The lowest BCUT2D eigenvalue weighted by atomic mass is 9.49. The summed E-state index contributed by atoms with van der Waals surface area (Å²) in [7, 11) is 1.43. The first kappa shape index (κ1) is 19.1. The topological polar surface area (TPSA) is 71.5 Å². The third kappa shape index (κ3) is 3.34. The average Bonchev–Trinajstić information content (AvgIpc) is 3.10. The lowest BCUT2D eigenvalue weighted by Crippen LogP contribution is -2.50. The second-order valence-corrected chi connectivity index (χ2v) is 8.91. The number of allylic oxidation sites excluding steroid dienone is 1. The number of hydrogen-bond acceptors (Lipinski definition) is 5. The zero-order chi connectivity index (χ0) is 19.9. The van der Waals surface area contributed by atoms with Crippen molar-refractivity contribution in [1.29, 1.82) is 0 Å². The van der Waals surface area contributed by atoms with Gasteiger partial charge in [-0.25, -0.2) is 0 Å². The maximum absolute atomic E-state index is 12.5. The molecule has 150 valence electrons. The van der Waals surface area contributed by atoms with E-state index in [1.165, 1.54) is 19.1 Å². The maximum atomic E-state index is 12.5. The molecule has 0 radical (unpaired) electrons. The molecule has 1 amide bonds. The lowest BCUT2D eigenvalue weighted by molar-refractivity contribution is -0.145. The Morgan fingerprint density at radius 1 is 1.32 bits per heavy atom. The SMILES string of the molecule is COC(=O)[C@@H]1C[C@H](NC(=O)c2ccccn2)CN1CC1=CC[C@H]2C[C@@H]1C2(C)C. The molecule has 1 N–H and O–H groups in total. The molecule has 6 heteroatoms. The third-order valence-electron chi connectivity index (χ3n) is 7.08. The standard InChI is InChI=1S/C22H29N3O3/c1-22(2)15-8-7-14(17(22)10-15)12-25-13-16(11-19(25)21(27)28-3)24-20(26)18-6-4-5-9-23-18/h4-7,9,15-17,19H,8,10-13H2,1-3H3,(H,24,26)/t15-,16-,17-,19-/m0/s1. The van der Waals surface area contributed by atoms with Gasteiger partial charge in [0, 0.05) is 25.3 Å². The van der Waals surface area contributed by atoms with Crippen molar-refractivity contribution in [2.45, 2.75) is 45.2 Å². The van der Waals surface area contributed by atoms with Crippen LogP contribution in [0.2, 0.25) is 0 Å². The number of carbonyl (C=O) groups excluding carboxylic acids is 2. The van der Waals surface area contributed by atoms with Gasteiger partial charge in [0.1, 0.15) is 11.7 Å². The van der Waals surface area contributed by atoms with Crippen LogP contribution in [0, 0.1) is 17.3 Å². The quantitative estimate of drug-likeness (QED) is 0.625. The van der Waals surface area contributed by atoms with Gasteiger partial charge in [-0.15, -0.1) is 0 Å². The Labute approximate surface area is 166 Å². The molecule has 2 fully saturated rings. The fraction of sp³-hybridized carbons (Fsp3) is 0.591. The van der Waals surface area contributed by atoms with Crippen LogP contribution >= 0.6 is 0 Å². The molecule has 1 aromatic rings. The van der Waals surface area contributed by atoms with Crippen molar-refractivity contribution in [3.05, 3.63) is 41.7 Å². The minimum absolute atomic E-state index is 0.0926. The first-order valence-electron chi connectivity index (χ1n) is 10.1. The number of ether oxygens (including phenoxy) is 1. The number of pyridine rings is 1. The van der Waals surface area contributed by atoms with E-state index in [2.05, 4.69) is 35.1 Å². The summed E-state index contributed by atoms with van der Waals surface area (Å²) < 4.78 is 5.04. The number of carbonyl (C=O) groups is 2. The third-order valence-corrected chi connectivity index (χ3v) is 7.08. The summed E-state index contributed by atoms with van der Waals surface area (Å²) in [6, 6.07) is 4.86. The highest BCUT2D eigenvalue weighted by molar-refractivity contribution is 5.92. The Bertz CT molecular complexity index is 789. The van der Waals surface area contributed by atoms with Crippen molar-refractivity contribution in [3.63, 3.8) is 0 Å². The van der Waals surface area contributed by atoms with E-state index in [1.54, 1.807) is 24.4 Å². The van der Waals surface area contributed by atoms with E-state index >= 15 is 0 Å². The van der Waals surface area contributed by atoms with Crippen molar-refractivity contribution < 1.29 is 14.3 Å². The molecule has 1 aliphatic heterocycles. The normalized spacial score (nSPS) is 30.9. The molecule has 2 bridgehead atoms. The second-order valence-electron chi connectivity index (χ2n) is 8.91. The number of methoxy groups -OCH3 is 1. The van der Waals surface area contributed by atoms with E-state index in [0.717, 1.165) is 18.9 Å². The highest BCUT2D eigenvalue weighted by atomic mass is 16.5. The number of rotatable bonds is 5. The van der Waals surface area contributed by atoms with Gasteiger partial charge in [0.2, 0.25) is 0 Å². The zero-order valence-corrected chi connectivity index (χ0v) is 16.9. The number of fused-ring (bicyclic) bond motifs is 1. The van der Waals surface area contributed by atoms with Crippen LogP contribution in [-0.4, -0.2) is 54.0 Å². The Kier molecular flexibility index (Phi) is 5.00. The van der Waals surface area contributed by atoms with E-state index in [4.69, 9.17) is 4.74 Å². The minimum atomic E-state index is -0.319. The van der Waals surface area contributed by atoms with Gasteiger partial charge < -0.3 is 10.1 Å². The smallest absolute Gasteiger partial charge is 0.323 e. The Morgan fingerprint density at radius 3 is 2.79 bits per heavy atom. The van der Waals surface area contributed by atoms with Gasteiger partial charge in [0.15, 0.2) is 0 Å². The van der Waals surface area contributed by atoms with E-state index in [-0.39, 0.29) is 24.0 Å². The predicted octanol–water partition coefficient (Wildman–Crippen LogP) is 2.42. The molecule has 28 heavy (non-hydrogen) atoms. The molecule has 4 aliphatic rings. The molecule has 5 rings (SSSR count). The van der Waals surface area contributed by atoms with Crippen LogP contribution in [0.5, 0.6) is 0 Å². The highest BCUT2D eigenvalue weighted by Gasteiger charge is 2.52. The van der Waals surface area contributed by atoms with Gasteiger partial charge >= 0.3 is 5.97 Å². The first-order chi connectivity index (χ1) is 13.4. The number of nitrogens with one attached hydrogen (secondary N) is 1. The average molecular weight is 383 g/mol. The molecule has 6 nitrogen and oxygen atoms in total. The largest absolute Gasteiger partial charge is 0.468 e. The fourth-order valence-electron chi connectivity index (χ4n) is 5.21. The molecular weight excluding hydrogens is 354 g/mol. The maximum Gasteiger partial charge on any atom is 0.323 e. The number of likely N-dealkylation sites (tertiary alicyclic amines) is 1. The van der Waals surface area contributed by atoms with Gasteiger partial charge in [0.25, 0.3) is 5.91 Å². The van der Waals surface area contributed by atoms with Crippen LogP contribution in [0.3, 0.4) is 0 Å². The fourth-order valence-corrected chi connectivity index (χ4v) is 5.21.